The van der Waals surface area contributed by atoms with Gasteiger partial charge in [-0.3, -0.25) is 4.28 Å². The minimum Gasteiger partial charge on any atom is -0.501 e. The molecule has 0 aliphatic rings. The van der Waals surface area contributed by atoms with E-state index in [2.05, 4.69) is 9.44 Å². The van der Waals surface area contributed by atoms with Crippen molar-refractivity contribution in [3.05, 3.63) is 23.5 Å². The van der Waals surface area contributed by atoms with Gasteiger partial charge in [-0.1, -0.05) is 11.2 Å². The SMILES string of the molecule is CO/C(C)=C/C=C(C)/C(C#N)=N/OS(=O)(=O)C(F)(F)F. The van der Waals surface area contributed by atoms with Gasteiger partial charge in [-0.15, -0.1) is 0 Å². The molecule has 0 saturated heterocycles. The van der Waals surface area contributed by atoms with Crippen LogP contribution in [0.4, 0.5) is 13.2 Å². The first-order valence-electron chi connectivity index (χ1n) is 4.92. The van der Waals surface area contributed by atoms with E-state index in [1.165, 1.54) is 32.3 Å². The standard InChI is InChI=1S/C10H11F3N2O4S/c1-7(4-5-8(2)18-3)9(6-14)15-19-20(16,17)10(11,12)13/h4-5H,1-3H3/b7-4+,8-5+,15-9+. The zero-order valence-corrected chi connectivity index (χ0v) is 11.5. The summed E-state index contributed by atoms with van der Waals surface area (Å²) in [6.07, 6.45) is 2.73. The zero-order chi connectivity index (χ0) is 16.0. The number of methoxy groups -OCH3 is 1. The summed E-state index contributed by atoms with van der Waals surface area (Å²) >= 11 is 0. The Morgan fingerprint density at radius 2 is 1.85 bits per heavy atom. The number of rotatable bonds is 5. The summed E-state index contributed by atoms with van der Waals surface area (Å²) < 4.78 is 65.3. The van der Waals surface area contributed by atoms with Gasteiger partial charge in [0, 0.05) is 0 Å². The molecule has 0 saturated carbocycles. The van der Waals surface area contributed by atoms with E-state index in [0.29, 0.717) is 5.76 Å². The van der Waals surface area contributed by atoms with E-state index < -0.39 is 21.3 Å². The van der Waals surface area contributed by atoms with Crippen molar-refractivity contribution in [3.8, 4) is 6.07 Å². The highest BCUT2D eigenvalue weighted by atomic mass is 32.2. The topological polar surface area (TPSA) is 88.8 Å². The van der Waals surface area contributed by atoms with Crippen LogP contribution >= 0.6 is 0 Å². The second kappa shape index (κ2) is 6.95. The van der Waals surface area contributed by atoms with Crippen molar-refractivity contribution in [3.63, 3.8) is 0 Å². The molecule has 0 rings (SSSR count). The van der Waals surface area contributed by atoms with Crippen LogP contribution in [0, 0.1) is 11.3 Å². The van der Waals surface area contributed by atoms with Gasteiger partial charge in [0.15, 0.2) is 5.71 Å². The third kappa shape index (κ3) is 5.31. The first-order chi connectivity index (χ1) is 9.05. The van der Waals surface area contributed by atoms with Crippen LogP contribution in [0.15, 0.2) is 28.6 Å². The van der Waals surface area contributed by atoms with Gasteiger partial charge >= 0.3 is 15.6 Å². The van der Waals surface area contributed by atoms with Gasteiger partial charge in [0.2, 0.25) is 0 Å². The Kier molecular flexibility index (Phi) is 6.25. The van der Waals surface area contributed by atoms with E-state index in [1.807, 2.05) is 0 Å². The molecule has 0 bridgehead atoms. The summed E-state index contributed by atoms with van der Waals surface area (Å²) in [6, 6.07) is 1.42. The average Bonchev–Trinajstić information content (AvgIpc) is 2.34. The number of ether oxygens (including phenoxy) is 1. The molecule has 0 amide bonds. The minimum atomic E-state index is -5.88. The number of nitrogens with zero attached hydrogens (tertiary/aromatic N) is 2. The fourth-order valence-corrected chi connectivity index (χ4v) is 0.956. The second-order valence-electron chi connectivity index (χ2n) is 3.36. The van der Waals surface area contributed by atoms with Crippen LogP contribution in [-0.4, -0.2) is 26.7 Å². The summed E-state index contributed by atoms with van der Waals surface area (Å²) in [5.41, 5.74) is -6.12. The third-order valence-electron chi connectivity index (χ3n) is 1.88. The van der Waals surface area contributed by atoms with E-state index in [4.69, 9.17) is 10.00 Å². The van der Waals surface area contributed by atoms with E-state index in [0.717, 1.165) is 0 Å². The number of halogens is 3. The summed E-state index contributed by atoms with van der Waals surface area (Å²) in [4.78, 5) is 0. The van der Waals surface area contributed by atoms with Crippen LogP contribution in [0.2, 0.25) is 0 Å². The van der Waals surface area contributed by atoms with E-state index in [9.17, 15) is 21.6 Å². The molecule has 0 aliphatic heterocycles. The Morgan fingerprint density at radius 1 is 1.30 bits per heavy atom. The molecule has 0 fully saturated rings. The highest BCUT2D eigenvalue weighted by Gasteiger charge is 2.49. The molecular formula is C10H11F3N2O4S. The molecule has 0 aliphatic carbocycles. The molecule has 10 heteroatoms. The van der Waals surface area contributed by atoms with Crippen LogP contribution in [0.3, 0.4) is 0 Å². The quantitative estimate of drug-likeness (QED) is 0.255. The normalized spacial score (nSPS) is 14.8. The van der Waals surface area contributed by atoms with Crippen molar-refractivity contribution in [1.29, 1.82) is 5.26 Å². The van der Waals surface area contributed by atoms with Crippen molar-refractivity contribution in [2.45, 2.75) is 19.4 Å². The van der Waals surface area contributed by atoms with Crippen molar-refractivity contribution >= 4 is 15.8 Å². The molecule has 0 N–H and O–H groups in total. The van der Waals surface area contributed by atoms with Crippen molar-refractivity contribution in [2.75, 3.05) is 7.11 Å². The van der Waals surface area contributed by atoms with Crippen LogP contribution in [0.25, 0.3) is 0 Å². The summed E-state index contributed by atoms with van der Waals surface area (Å²) in [5.74, 6) is 0.463. The molecule has 6 nitrogen and oxygen atoms in total. The lowest BCUT2D eigenvalue weighted by Crippen LogP contribution is -2.24. The molecule has 112 valence electrons. The maximum atomic E-state index is 12.0. The number of hydrogen-bond acceptors (Lipinski definition) is 6. The zero-order valence-electron chi connectivity index (χ0n) is 10.7. The summed E-state index contributed by atoms with van der Waals surface area (Å²) in [5, 5.41) is 11.4. The van der Waals surface area contributed by atoms with Crippen LogP contribution in [-0.2, 0) is 19.1 Å². The number of allylic oxidation sites excluding steroid dienone is 4. The average molecular weight is 312 g/mol. The maximum Gasteiger partial charge on any atom is 0.536 e. The number of hydrogen-bond donors (Lipinski definition) is 0. The Morgan fingerprint density at radius 3 is 2.25 bits per heavy atom. The summed E-state index contributed by atoms with van der Waals surface area (Å²) in [6.45, 7) is 2.93. The van der Waals surface area contributed by atoms with Crippen LogP contribution in [0.5, 0.6) is 0 Å². The van der Waals surface area contributed by atoms with Gasteiger partial charge in [-0.25, -0.2) is 0 Å². The third-order valence-corrected chi connectivity index (χ3v) is 2.72. The Hall–Kier alpha value is -2.02. The van der Waals surface area contributed by atoms with E-state index in [1.54, 1.807) is 6.92 Å². The first-order valence-corrected chi connectivity index (χ1v) is 6.33. The molecular weight excluding hydrogens is 301 g/mol. The molecule has 0 heterocycles. The monoisotopic (exact) mass is 312 g/mol. The molecule has 0 aromatic carbocycles. The molecule has 0 aromatic heterocycles. The van der Waals surface area contributed by atoms with E-state index >= 15 is 0 Å². The molecule has 0 atom stereocenters. The van der Waals surface area contributed by atoms with Gasteiger partial charge in [0.05, 0.1) is 12.9 Å². The Balaban J connectivity index is 5.24. The Bertz CT molecular complexity index is 583. The summed E-state index contributed by atoms with van der Waals surface area (Å²) in [7, 11) is -4.48. The highest BCUT2D eigenvalue weighted by Crippen LogP contribution is 2.24. The van der Waals surface area contributed by atoms with Crippen LogP contribution in [0.1, 0.15) is 13.8 Å². The van der Waals surface area contributed by atoms with Gasteiger partial charge in [-0.05, 0) is 25.5 Å². The lowest BCUT2D eigenvalue weighted by Gasteiger charge is -2.04. The van der Waals surface area contributed by atoms with Crippen molar-refractivity contribution < 1.29 is 30.6 Å². The first kappa shape index (κ1) is 18.0. The predicted octanol–water partition coefficient (Wildman–Crippen LogP) is 2.23. The molecule has 20 heavy (non-hydrogen) atoms. The number of alkyl halides is 3. The predicted molar refractivity (Wildman–Crippen MR) is 63.6 cm³/mol. The maximum absolute atomic E-state index is 12.0. The van der Waals surface area contributed by atoms with Gasteiger partial charge in [0.25, 0.3) is 0 Å². The fraction of sp³-hybridized carbons (Fsp3) is 0.400. The van der Waals surface area contributed by atoms with E-state index in [-0.39, 0.29) is 5.57 Å². The molecule has 0 spiro atoms. The van der Waals surface area contributed by atoms with Gasteiger partial charge in [0.1, 0.15) is 6.07 Å². The minimum absolute atomic E-state index is 0.0984. The lowest BCUT2D eigenvalue weighted by molar-refractivity contribution is -0.0540. The highest BCUT2D eigenvalue weighted by molar-refractivity contribution is 7.87. The second-order valence-corrected chi connectivity index (χ2v) is 4.88. The molecule has 0 aromatic rings. The fourth-order valence-electron chi connectivity index (χ4n) is 0.699. The Labute approximate surface area is 113 Å². The van der Waals surface area contributed by atoms with Crippen LogP contribution < -0.4 is 0 Å². The largest absolute Gasteiger partial charge is 0.536 e. The number of oxime groups is 1. The smallest absolute Gasteiger partial charge is 0.501 e. The molecule has 0 radical (unpaired) electrons. The lowest BCUT2D eigenvalue weighted by atomic mass is 10.2. The van der Waals surface area contributed by atoms with Crippen molar-refractivity contribution in [2.24, 2.45) is 5.16 Å². The number of nitriles is 1. The van der Waals surface area contributed by atoms with Gasteiger partial charge < -0.3 is 4.74 Å². The van der Waals surface area contributed by atoms with Gasteiger partial charge in [-0.2, -0.15) is 26.9 Å². The molecule has 0 unspecified atom stereocenters. The van der Waals surface area contributed by atoms with Crippen molar-refractivity contribution in [1.82, 2.24) is 0 Å².